The molecule has 2 aliphatic rings. The van der Waals surface area contributed by atoms with Crippen molar-refractivity contribution in [2.24, 2.45) is 5.92 Å². The second-order valence-electron chi connectivity index (χ2n) is 7.81. The highest BCUT2D eigenvalue weighted by molar-refractivity contribution is 9.10. The maximum atomic E-state index is 14.7. The van der Waals surface area contributed by atoms with Crippen LogP contribution in [0.25, 0.3) is 0 Å². The Labute approximate surface area is 197 Å². The number of carbonyl (C=O) groups excluding carboxylic acids is 1. The van der Waals surface area contributed by atoms with Gasteiger partial charge in [-0.15, -0.1) is 0 Å². The third-order valence-electron chi connectivity index (χ3n) is 5.68. The maximum Gasteiger partial charge on any atom is 0.427 e. The van der Waals surface area contributed by atoms with Crippen molar-refractivity contribution in [1.82, 2.24) is 4.90 Å². The molecule has 0 aromatic heterocycles. The number of benzene rings is 2. The number of carbonyl (C=O) groups is 1. The van der Waals surface area contributed by atoms with Gasteiger partial charge in [-0.2, -0.15) is 13.2 Å². The molecule has 0 saturated heterocycles. The van der Waals surface area contributed by atoms with E-state index in [1.54, 1.807) is 24.3 Å². The molecule has 168 valence electrons. The standard InChI is InChI=1S/C23H19BrClF3N2O2/c1-29-21(31)30(13-15-5-7-16(32-2)8-6-15)20-12-18(24)19(25)11-17(20)22(29,23(26,27)28)10-9-14-3-4-14/h5-8,11-12,14H,3-4,13H2,1-2H3. The van der Waals surface area contributed by atoms with Gasteiger partial charge >= 0.3 is 12.2 Å². The number of anilines is 1. The van der Waals surface area contributed by atoms with E-state index in [0.717, 1.165) is 25.5 Å². The maximum absolute atomic E-state index is 14.7. The number of urea groups is 1. The quantitative estimate of drug-likeness (QED) is 0.436. The first-order valence-electron chi connectivity index (χ1n) is 9.85. The van der Waals surface area contributed by atoms with E-state index in [9.17, 15) is 18.0 Å². The topological polar surface area (TPSA) is 32.8 Å². The first kappa shape index (κ1) is 22.8. The van der Waals surface area contributed by atoms with Crippen LogP contribution in [0.15, 0.2) is 40.9 Å². The predicted octanol–water partition coefficient (Wildman–Crippen LogP) is 6.35. The number of halogens is 5. The van der Waals surface area contributed by atoms with Crippen LogP contribution in [-0.4, -0.2) is 31.3 Å². The smallest absolute Gasteiger partial charge is 0.427 e. The number of ether oxygens (including phenoxy) is 1. The van der Waals surface area contributed by atoms with Crippen LogP contribution in [-0.2, 0) is 12.1 Å². The van der Waals surface area contributed by atoms with Crippen molar-refractivity contribution in [1.29, 1.82) is 0 Å². The average molecular weight is 528 g/mol. The van der Waals surface area contributed by atoms with Crippen LogP contribution < -0.4 is 9.64 Å². The van der Waals surface area contributed by atoms with Crippen LogP contribution in [0.3, 0.4) is 0 Å². The highest BCUT2D eigenvalue weighted by Crippen LogP contribution is 2.52. The van der Waals surface area contributed by atoms with Gasteiger partial charge in [-0.05, 0) is 58.6 Å². The summed E-state index contributed by atoms with van der Waals surface area (Å²) in [4.78, 5) is 15.3. The van der Waals surface area contributed by atoms with E-state index in [-0.39, 0.29) is 28.7 Å². The number of fused-ring (bicyclic) bond motifs is 1. The number of rotatable bonds is 3. The average Bonchev–Trinajstić information content (AvgIpc) is 3.57. The lowest BCUT2D eigenvalue weighted by Gasteiger charge is -2.47. The second-order valence-corrected chi connectivity index (χ2v) is 9.07. The predicted molar refractivity (Wildman–Crippen MR) is 120 cm³/mol. The Morgan fingerprint density at radius 1 is 1.25 bits per heavy atom. The molecule has 4 rings (SSSR count). The van der Waals surface area contributed by atoms with Crippen LogP contribution in [0.2, 0.25) is 5.02 Å². The zero-order valence-electron chi connectivity index (χ0n) is 17.3. The third kappa shape index (κ3) is 3.82. The van der Waals surface area contributed by atoms with Crippen LogP contribution in [0, 0.1) is 17.8 Å². The van der Waals surface area contributed by atoms with Crippen molar-refractivity contribution in [2.75, 3.05) is 19.1 Å². The van der Waals surface area contributed by atoms with Gasteiger partial charge in [0.2, 0.25) is 5.54 Å². The van der Waals surface area contributed by atoms with E-state index >= 15 is 0 Å². The van der Waals surface area contributed by atoms with Gasteiger partial charge in [0.25, 0.3) is 0 Å². The first-order valence-corrected chi connectivity index (χ1v) is 11.0. The van der Waals surface area contributed by atoms with Crippen LogP contribution >= 0.6 is 27.5 Å². The molecule has 2 amide bonds. The van der Waals surface area contributed by atoms with Gasteiger partial charge < -0.3 is 4.74 Å². The summed E-state index contributed by atoms with van der Waals surface area (Å²) in [6.45, 7) is 0.0677. The second kappa shape index (κ2) is 8.20. The van der Waals surface area contributed by atoms with Gasteiger partial charge in [-0.25, -0.2) is 4.79 Å². The van der Waals surface area contributed by atoms with E-state index in [1.807, 2.05) is 0 Å². The third-order valence-corrected chi connectivity index (χ3v) is 6.88. The Bertz CT molecular complexity index is 1120. The van der Waals surface area contributed by atoms with Crippen LogP contribution in [0.5, 0.6) is 5.75 Å². The number of hydrogen-bond acceptors (Lipinski definition) is 2. The molecule has 0 radical (unpaired) electrons. The summed E-state index contributed by atoms with van der Waals surface area (Å²) in [6.07, 6.45) is -3.32. The molecule has 32 heavy (non-hydrogen) atoms. The van der Waals surface area contributed by atoms with E-state index in [2.05, 4.69) is 27.8 Å². The molecular weight excluding hydrogens is 509 g/mol. The molecule has 0 N–H and O–H groups in total. The minimum absolute atomic E-state index is 0.0677. The summed E-state index contributed by atoms with van der Waals surface area (Å²) in [5.41, 5.74) is -2.11. The summed E-state index contributed by atoms with van der Waals surface area (Å²) in [7, 11) is 2.67. The van der Waals surface area contributed by atoms with Crippen molar-refractivity contribution in [3.8, 4) is 17.6 Å². The fourth-order valence-electron chi connectivity index (χ4n) is 3.72. The lowest BCUT2D eigenvalue weighted by atomic mass is 9.84. The van der Waals surface area contributed by atoms with Crippen molar-refractivity contribution in [3.05, 3.63) is 57.0 Å². The minimum Gasteiger partial charge on any atom is -0.497 e. The fraction of sp³-hybridized carbons (Fsp3) is 0.348. The van der Waals surface area contributed by atoms with Crippen LogP contribution in [0.4, 0.5) is 23.7 Å². The molecule has 0 bridgehead atoms. The minimum atomic E-state index is -4.84. The molecule has 1 atom stereocenters. The van der Waals surface area contributed by atoms with E-state index in [4.69, 9.17) is 16.3 Å². The van der Waals surface area contributed by atoms with Gasteiger partial charge in [0.05, 0.1) is 24.4 Å². The summed E-state index contributed by atoms with van der Waals surface area (Å²) < 4.78 is 49.5. The number of nitrogens with zero attached hydrogens (tertiary/aromatic N) is 2. The molecular formula is C23H19BrClF3N2O2. The molecule has 2 aromatic carbocycles. The Balaban J connectivity index is 1.90. The lowest BCUT2D eigenvalue weighted by molar-refractivity contribution is -0.204. The van der Waals surface area contributed by atoms with Crippen molar-refractivity contribution in [2.45, 2.75) is 31.1 Å². The normalized spacial score (nSPS) is 20.5. The summed E-state index contributed by atoms with van der Waals surface area (Å²) in [5.74, 6) is 5.72. The molecule has 1 unspecified atom stereocenters. The van der Waals surface area contributed by atoms with Crippen molar-refractivity contribution >= 4 is 39.2 Å². The van der Waals surface area contributed by atoms with Gasteiger partial charge in [-0.3, -0.25) is 9.80 Å². The summed E-state index contributed by atoms with van der Waals surface area (Å²) in [6, 6.07) is 8.88. The van der Waals surface area contributed by atoms with Gasteiger partial charge in [0.15, 0.2) is 0 Å². The van der Waals surface area contributed by atoms with E-state index in [1.165, 1.54) is 24.1 Å². The Morgan fingerprint density at radius 2 is 1.91 bits per heavy atom. The van der Waals surface area contributed by atoms with E-state index in [0.29, 0.717) is 15.1 Å². The monoisotopic (exact) mass is 526 g/mol. The molecule has 1 fully saturated rings. The molecule has 1 aliphatic heterocycles. The first-order chi connectivity index (χ1) is 15.1. The zero-order chi connectivity index (χ0) is 23.3. The molecule has 1 heterocycles. The summed E-state index contributed by atoms with van der Waals surface area (Å²) in [5, 5.41) is 0.109. The van der Waals surface area contributed by atoms with Crippen LogP contribution in [0.1, 0.15) is 24.0 Å². The Kier molecular flexibility index (Phi) is 5.84. The summed E-state index contributed by atoms with van der Waals surface area (Å²) >= 11 is 9.51. The highest BCUT2D eigenvalue weighted by Gasteiger charge is 2.63. The molecule has 0 spiro atoms. The molecule has 1 saturated carbocycles. The Hall–Kier alpha value is -2.37. The van der Waals surface area contributed by atoms with Crippen molar-refractivity contribution in [3.63, 3.8) is 0 Å². The number of methoxy groups -OCH3 is 1. The van der Waals surface area contributed by atoms with E-state index < -0.39 is 17.7 Å². The van der Waals surface area contributed by atoms with Gasteiger partial charge in [0, 0.05) is 23.0 Å². The van der Waals surface area contributed by atoms with Crippen molar-refractivity contribution < 1.29 is 22.7 Å². The molecule has 4 nitrogen and oxygen atoms in total. The number of alkyl halides is 3. The lowest BCUT2D eigenvalue weighted by Crippen LogP contribution is -2.62. The Morgan fingerprint density at radius 3 is 2.47 bits per heavy atom. The number of amides is 2. The SMILES string of the molecule is COc1ccc(CN2C(=O)N(C)C(C#CC3CC3)(C(F)(F)F)c3cc(Cl)c(Br)cc32)cc1. The molecule has 1 aliphatic carbocycles. The molecule has 9 heteroatoms. The molecule has 2 aromatic rings. The number of hydrogen-bond donors (Lipinski definition) is 0. The zero-order valence-corrected chi connectivity index (χ0v) is 19.6. The fourth-order valence-corrected chi connectivity index (χ4v) is 4.22. The van der Waals surface area contributed by atoms with Gasteiger partial charge in [0.1, 0.15) is 5.75 Å². The highest BCUT2D eigenvalue weighted by atomic mass is 79.9. The largest absolute Gasteiger partial charge is 0.497 e. The van der Waals surface area contributed by atoms with Gasteiger partial charge in [-0.1, -0.05) is 35.6 Å².